The second-order valence-electron chi connectivity index (χ2n) is 7.81. The quantitative estimate of drug-likeness (QED) is 0.466. The zero-order chi connectivity index (χ0) is 20.1. The van der Waals surface area contributed by atoms with Crippen LogP contribution < -0.4 is 5.73 Å². The van der Waals surface area contributed by atoms with Gasteiger partial charge in [0.25, 0.3) is 0 Å². The van der Waals surface area contributed by atoms with Gasteiger partial charge in [-0.3, -0.25) is 4.98 Å². The van der Waals surface area contributed by atoms with Gasteiger partial charge < -0.3 is 10.3 Å². The topological polar surface area (TPSA) is 82.5 Å². The first kappa shape index (κ1) is 17.1. The van der Waals surface area contributed by atoms with Crippen molar-refractivity contribution in [1.29, 1.82) is 0 Å². The van der Waals surface area contributed by atoms with Crippen LogP contribution in [-0.4, -0.2) is 24.5 Å². The SMILES string of the molecule is Nc1ncnc2c1c(-c1ccc3ccc(-c4ccccn4)nc3c1)cn2C1CCC1. The zero-order valence-electron chi connectivity index (χ0n) is 16.4. The van der Waals surface area contributed by atoms with Crippen LogP contribution in [0.25, 0.3) is 44.5 Å². The van der Waals surface area contributed by atoms with Gasteiger partial charge >= 0.3 is 0 Å². The Bertz CT molecular complexity index is 1390. The molecule has 6 heteroatoms. The molecule has 0 radical (unpaired) electrons. The Morgan fingerprint density at radius 1 is 0.933 bits per heavy atom. The average molecular weight is 392 g/mol. The van der Waals surface area contributed by atoms with Crippen molar-refractivity contribution in [2.45, 2.75) is 25.3 Å². The highest BCUT2D eigenvalue weighted by Crippen LogP contribution is 2.40. The zero-order valence-corrected chi connectivity index (χ0v) is 16.4. The van der Waals surface area contributed by atoms with Crippen LogP contribution in [0.3, 0.4) is 0 Å². The number of anilines is 1. The molecule has 0 saturated heterocycles. The van der Waals surface area contributed by atoms with Gasteiger partial charge in [-0.1, -0.05) is 24.3 Å². The highest BCUT2D eigenvalue weighted by atomic mass is 15.1. The summed E-state index contributed by atoms with van der Waals surface area (Å²) in [5.41, 5.74) is 12.0. The predicted molar refractivity (Wildman–Crippen MR) is 119 cm³/mol. The summed E-state index contributed by atoms with van der Waals surface area (Å²) in [5.74, 6) is 0.517. The number of nitrogens with zero attached hydrogens (tertiary/aromatic N) is 5. The molecule has 30 heavy (non-hydrogen) atoms. The van der Waals surface area contributed by atoms with Crippen molar-refractivity contribution in [1.82, 2.24) is 24.5 Å². The Morgan fingerprint density at radius 2 is 1.83 bits per heavy atom. The van der Waals surface area contributed by atoms with E-state index in [1.165, 1.54) is 19.3 Å². The molecule has 1 aromatic carbocycles. The molecule has 4 aromatic heterocycles. The van der Waals surface area contributed by atoms with E-state index in [9.17, 15) is 0 Å². The summed E-state index contributed by atoms with van der Waals surface area (Å²) in [5, 5.41) is 2.01. The number of pyridine rings is 2. The van der Waals surface area contributed by atoms with Crippen LogP contribution in [0.4, 0.5) is 5.82 Å². The second-order valence-corrected chi connectivity index (χ2v) is 7.81. The Hall–Kier alpha value is -3.80. The van der Waals surface area contributed by atoms with E-state index in [0.717, 1.165) is 44.5 Å². The molecule has 5 aromatic rings. The minimum atomic E-state index is 0.491. The molecule has 0 aliphatic heterocycles. The summed E-state index contributed by atoms with van der Waals surface area (Å²) in [6.07, 6.45) is 9.15. The van der Waals surface area contributed by atoms with Crippen LogP contribution in [0.1, 0.15) is 25.3 Å². The summed E-state index contributed by atoms with van der Waals surface area (Å²) in [7, 11) is 0. The van der Waals surface area contributed by atoms with Crippen LogP contribution in [0.2, 0.25) is 0 Å². The van der Waals surface area contributed by atoms with Crippen LogP contribution in [0, 0.1) is 0 Å². The summed E-state index contributed by atoms with van der Waals surface area (Å²) < 4.78 is 2.27. The number of nitrogens with two attached hydrogens (primary N) is 1. The van der Waals surface area contributed by atoms with Gasteiger partial charge in [0.2, 0.25) is 0 Å². The van der Waals surface area contributed by atoms with Crippen molar-refractivity contribution in [2.75, 3.05) is 5.73 Å². The molecule has 0 bridgehead atoms. The maximum Gasteiger partial charge on any atom is 0.146 e. The molecule has 1 aliphatic carbocycles. The van der Waals surface area contributed by atoms with E-state index in [-0.39, 0.29) is 0 Å². The third-order valence-electron chi connectivity index (χ3n) is 6.04. The number of benzene rings is 1. The van der Waals surface area contributed by atoms with Crippen molar-refractivity contribution in [2.24, 2.45) is 0 Å². The summed E-state index contributed by atoms with van der Waals surface area (Å²) in [6.45, 7) is 0. The summed E-state index contributed by atoms with van der Waals surface area (Å²) in [4.78, 5) is 18.1. The maximum absolute atomic E-state index is 6.29. The van der Waals surface area contributed by atoms with Gasteiger partial charge in [-0.2, -0.15) is 0 Å². The third-order valence-corrected chi connectivity index (χ3v) is 6.04. The first-order chi connectivity index (χ1) is 14.8. The van der Waals surface area contributed by atoms with Gasteiger partial charge in [0.15, 0.2) is 0 Å². The predicted octanol–water partition coefficient (Wildman–Crippen LogP) is 5.02. The third kappa shape index (κ3) is 2.64. The van der Waals surface area contributed by atoms with E-state index in [0.29, 0.717) is 11.9 Å². The normalized spacial score (nSPS) is 14.3. The minimum Gasteiger partial charge on any atom is -0.383 e. The van der Waals surface area contributed by atoms with E-state index in [1.807, 2.05) is 24.3 Å². The van der Waals surface area contributed by atoms with E-state index < -0.39 is 0 Å². The highest BCUT2D eigenvalue weighted by molar-refractivity contribution is 6.02. The van der Waals surface area contributed by atoms with Gasteiger partial charge in [-0.15, -0.1) is 0 Å². The number of aromatic nitrogens is 5. The molecule has 4 heterocycles. The lowest BCUT2D eigenvalue weighted by Gasteiger charge is -2.27. The van der Waals surface area contributed by atoms with Gasteiger partial charge in [-0.05, 0) is 49.1 Å². The van der Waals surface area contributed by atoms with Gasteiger partial charge in [0.1, 0.15) is 17.8 Å². The van der Waals surface area contributed by atoms with Crippen LogP contribution in [0.15, 0.2) is 67.3 Å². The monoisotopic (exact) mass is 392 g/mol. The van der Waals surface area contributed by atoms with Crippen molar-refractivity contribution in [3.63, 3.8) is 0 Å². The fraction of sp³-hybridized carbons (Fsp3) is 0.167. The summed E-state index contributed by atoms with van der Waals surface area (Å²) >= 11 is 0. The Labute approximate surface area is 173 Å². The average Bonchev–Trinajstić information content (AvgIpc) is 3.13. The van der Waals surface area contributed by atoms with E-state index in [4.69, 9.17) is 10.7 Å². The van der Waals surface area contributed by atoms with E-state index in [1.54, 1.807) is 12.5 Å². The standard InChI is InChI=1S/C24H20N6/c25-23-22-18(13-30(17-4-3-5-17)24(22)28-14-27-23)16-8-7-15-9-10-20(29-21(15)12-16)19-6-1-2-11-26-19/h1-2,6-14,17H,3-5H2,(H2,25,27,28). The van der Waals surface area contributed by atoms with Crippen LogP contribution >= 0.6 is 0 Å². The molecule has 1 fully saturated rings. The smallest absolute Gasteiger partial charge is 0.146 e. The Balaban J connectivity index is 1.53. The van der Waals surface area contributed by atoms with Gasteiger partial charge in [0, 0.05) is 29.4 Å². The van der Waals surface area contributed by atoms with Crippen molar-refractivity contribution >= 4 is 27.8 Å². The van der Waals surface area contributed by atoms with Crippen molar-refractivity contribution in [3.8, 4) is 22.5 Å². The molecule has 0 atom stereocenters. The number of nitrogen functional groups attached to an aromatic ring is 1. The lowest BCUT2D eigenvalue weighted by molar-refractivity contribution is 0.320. The van der Waals surface area contributed by atoms with Crippen LogP contribution in [-0.2, 0) is 0 Å². The molecule has 6 rings (SSSR count). The van der Waals surface area contributed by atoms with Gasteiger partial charge in [0.05, 0.1) is 22.3 Å². The largest absolute Gasteiger partial charge is 0.383 e. The number of hydrogen-bond donors (Lipinski definition) is 1. The molecule has 2 N–H and O–H groups in total. The maximum atomic E-state index is 6.29. The second kappa shape index (κ2) is 6.62. The lowest BCUT2D eigenvalue weighted by atomic mass is 9.93. The molecule has 1 saturated carbocycles. The van der Waals surface area contributed by atoms with Crippen molar-refractivity contribution in [3.05, 3.63) is 67.3 Å². The summed E-state index contributed by atoms with van der Waals surface area (Å²) in [6, 6.07) is 16.8. The Morgan fingerprint density at radius 3 is 2.63 bits per heavy atom. The molecule has 1 aliphatic rings. The molecule has 146 valence electrons. The van der Waals surface area contributed by atoms with E-state index in [2.05, 4.69) is 50.0 Å². The lowest BCUT2D eigenvalue weighted by Crippen LogP contribution is -2.16. The fourth-order valence-electron chi connectivity index (χ4n) is 4.21. The van der Waals surface area contributed by atoms with Crippen molar-refractivity contribution < 1.29 is 0 Å². The highest BCUT2D eigenvalue weighted by Gasteiger charge is 2.24. The fourth-order valence-corrected chi connectivity index (χ4v) is 4.21. The van der Waals surface area contributed by atoms with E-state index >= 15 is 0 Å². The molecule has 6 nitrogen and oxygen atoms in total. The molecule has 0 unspecified atom stereocenters. The molecular weight excluding hydrogens is 372 g/mol. The first-order valence-electron chi connectivity index (χ1n) is 10.2. The Kier molecular flexibility index (Phi) is 3.77. The number of hydrogen-bond acceptors (Lipinski definition) is 5. The van der Waals surface area contributed by atoms with Crippen LogP contribution in [0.5, 0.6) is 0 Å². The van der Waals surface area contributed by atoms with Gasteiger partial charge in [-0.25, -0.2) is 15.0 Å². The molecule has 0 amide bonds. The number of fused-ring (bicyclic) bond motifs is 2. The molecule has 0 spiro atoms. The minimum absolute atomic E-state index is 0.491. The number of rotatable bonds is 3. The first-order valence-corrected chi connectivity index (χ1v) is 10.2. The molecular formula is C24H20N6.